The Bertz CT molecular complexity index is 4840. The number of unbranched alkanes of at least 4 members (excludes halogenated alkanes) is 1. The first-order chi connectivity index (χ1) is 54.7. The number of amides is 11. The number of nitrogens with one attached hydrogen (secondary N) is 10. The number of ether oxygens (including phenoxy) is 1. The number of fused-ring (bicyclic) bond motifs is 4. The Morgan fingerprint density at radius 1 is 0.640 bits per heavy atom. The summed E-state index contributed by atoms with van der Waals surface area (Å²) < 4.78 is 39.5. The van der Waals surface area contributed by atoms with Crippen LogP contribution < -0.4 is 58.1 Å². The lowest BCUT2D eigenvalue weighted by atomic mass is 9.93. The van der Waals surface area contributed by atoms with E-state index in [2.05, 4.69) is 69.5 Å². The van der Waals surface area contributed by atoms with Crippen molar-refractivity contribution in [2.24, 2.45) is 10.2 Å². The van der Waals surface area contributed by atoms with E-state index in [1.807, 2.05) is 73.6 Å². The van der Waals surface area contributed by atoms with Crippen LogP contribution in [0.15, 0.2) is 166 Å². The first kappa shape index (κ1) is 83.5. The molecule has 11 amide bonds. The minimum absolute atomic E-state index is 0.00434. The highest BCUT2D eigenvalue weighted by Crippen LogP contribution is 2.46. The van der Waals surface area contributed by atoms with Crippen molar-refractivity contribution in [3.8, 4) is 0 Å². The number of benzene rings is 6. The molecule has 0 saturated carbocycles. The van der Waals surface area contributed by atoms with E-state index in [1.165, 1.54) is 42.0 Å². The number of allylic oxidation sites excluding steroid dienone is 3. The van der Waals surface area contributed by atoms with Crippen LogP contribution in [0.1, 0.15) is 120 Å². The summed E-state index contributed by atoms with van der Waals surface area (Å²) in [6.45, 7) is -1.13. The molecule has 114 heavy (non-hydrogen) atoms. The van der Waals surface area contributed by atoms with Gasteiger partial charge in [0.15, 0.2) is 0 Å². The molecule has 34 nitrogen and oxygen atoms in total. The molecule has 35 heteroatoms. The van der Waals surface area contributed by atoms with Gasteiger partial charge in [0.05, 0.1) is 30.9 Å². The quantitative estimate of drug-likeness (QED) is 0.0137. The van der Waals surface area contributed by atoms with Crippen LogP contribution in [0.5, 0.6) is 0 Å². The second kappa shape index (κ2) is 39.3. The van der Waals surface area contributed by atoms with Crippen LogP contribution in [0.2, 0.25) is 0 Å². The fourth-order valence-electron chi connectivity index (χ4n) is 13.6. The van der Waals surface area contributed by atoms with Gasteiger partial charge < -0.3 is 73.0 Å². The van der Waals surface area contributed by atoms with Gasteiger partial charge >= 0.3 is 18.0 Å². The number of carbonyl (C=O) groups is 13. The number of hydrogen-bond acceptors (Lipinski definition) is 20. The summed E-state index contributed by atoms with van der Waals surface area (Å²) in [4.78, 5) is 175. The van der Waals surface area contributed by atoms with Crippen LogP contribution in [-0.4, -0.2) is 200 Å². The highest BCUT2D eigenvalue weighted by molar-refractivity contribution is 7.86. The van der Waals surface area contributed by atoms with Gasteiger partial charge in [0.2, 0.25) is 41.4 Å². The van der Waals surface area contributed by atoms with E-state index in [0.29, 0.717) is 40.0 Å². The molecule has 2 aliphatic heterocycles. The smallest absolute Gasteiger partial charge is 0.407 e. The maximum absolute atomic E-state index is 14.4. The van der Waals surface area contributed by atoms with Crippen molar-refractivity contribution < 1.29 is 90.2 Å². The Balaban J connectivity index is 0.669. The number of nitrogens with zero attached hydrogens (tertiary/aromatic N) is 5. The molecule has 2 heterocycles. The maximum atomic E-state index is 14.4. The number of carboxylic acids is 2. The zero-order chi connectivity index (χ0) is 81.6. The molecule has 13 N–H and O–H groups in total. The van der Waals surface area contributed by atoms with E-state index in [9.17, 15) is 85.5 Å². The number of alkyl carbamates (subject to hydrolysis) is 1. The number of hydrogen-bond donors (Lipinski definition) is 13. The van der Waals surface area contributed by atoms with E-state index < -0.39 is 131 Å². The van der Waals surface area contributed by atoms with E-state index in [1.54, 1.807) is 48.5 Å². The summed E-state index contributed by atoms with van der Waals surface area (Å²) >= 11 is 0. The topological polar surface area (TPSA) is 481 Å². The standard InChI is InChI=1S/C79H89N15O19S/c1-92(2)52-32-30-51(31-33-52)91-90-50-28-26-48(27-29-50)72(101)82-38-8-7-18-63(78(107)108)86-69(97)45-85-75(104)64(42-71(99)100)88-76(105)65-20-11-41-93-70(98)37-35-62(77(106)94(65)93)87-73(102)49-24-22-47(23-25-49)43-83-68(96)44-84-74(103)61(89-79(109)113-46-59-55-14-5-3-12-53(55)54-13-4-6-15-56(54)59)34-36-67(95)81-40-39-80-60-19-9-17-58-57(60)16-10-21-66(58)114(110,111)112/h3,5-6,9-10,12,14-17,19,21-33,59,61-65,80H,4,7-8,11,13,18,20,34-46H2,1-2H3,(H,81,95)(H,82,101)(H,83,96)(H,84,103)(H,85,104)(H,86,97)(H,87,102)(H,88,105)(H,89,109)(H,99,100)(H,107,108)(H,110,111,112)/t59?,61-,62-,63-,64-,65-/m0/s1. The molecule has 2 aliphatic carbocycles. The van der Waals surface area contributed by atoms with E-state index in [-0.39, 0.29) is 118 Å². The lowest BCUT2D eigenvalue weighted by molar-refractivity contribution is -0.176. The fourth-order valence-corrected chi connectivity index (χ4v) is 14.3. The number of rotatable bonds is 36. The second-order valence-corrected chi connectivity index (χ2v) is 29.0. The van der Waals surface area contributed by atoms with Crippen molar-refractivity contribution in [2.45, 2.75) is 125 Å². The Kier molecular flexibility index (Phi) is 28.8. The molecular weight excluding hydrogens is 1500 g/mol. The van der Waals surface area contributed by atoms with Crippen molar-refractivity contribution >= 4 is 126 Å². The summed E-state index contributed by atoms with van der Waals surface area (Å²) in [7, 11) is -0.665. The zero-order valence-corrected chi connectivity index (χ0v) is 63.3. The Hall–Kier alpha value is -12.9. The number of anilines is 2. The van der Waals surface area contributed by atoms with Crippen LogP contribution in [0, 0.1) is 0 Å². The normalized spacial score (nSPS) is 16.5. The van der Waals surface area contributed by atoms with Crippen LogP contribution in [0.25, 0.3) is 16.3 Å². The molecule has 6 atom stereocenters. The van der Waals surface area contributed by atoms with Gasteiger partial charge in [-0.2, -0.15) is 18.6 Å². The molecule has 600 valence electrons. The molecular formula is C79H89N15O19S. The molecule has 0 bridgehead atoms. The van der Waals surface area contributed by atoms with Gasteiger partial charge in [-0.15, -0.1) is 0 Å². The highest BCUT2D eigenvalue weighted by Gasteiger charge is 2.46. The summed E-state index contributed by atoms with van der Waals surface area (Å²) in [5.74, 6) is -10.9. The van der Waals surface area contributed by atoms with E-state index in [4.69, 9.17) is 4.74 Å². The molecule has 0 aromatic heterocycles. The van der Waals surface area contributed by atoms with Gasteiger partial charge in [0.1, 0.15) is 41.7 Å². The van der Waals surface area contributed by atoms with E-state index in [0.717, 1.165) is 45.2 Å². The van der Waals surface area contributed by atoms with E-state index >= 15 is 0 Å². The maximum Gasteiger partial charge on any atom is 0.407 e. The first-order valence-electron chi connectivity index (χ1n) is 37.1. The average Bonchev–Trinajstić information content (AvgIpc) is 1.57. The fraction of sp³-hybridized carbons (Fsp3) is 0.354. The monoisotopic (exact) mass is 1580 g/mol. The molecule has 4 aliphatic rings. The lowest BCUT2D eigenvalue weighted by Crippen LogP contribution is -2.65. The Morgan fingerprint density at radius 3 is 2.03 bits per heavy atom. The third-order valence-corrected chi connectivity index (χ3v) is 20.4. The molecule has 2 fully saturated rings. The van der Waals surface area contributed by atoms with Gasteiger partial charge in [-0.1, -0.05) is 72.8 Å². The molecule has 0 radical (unpaired) electrons. The van der Waals surface area contributed by atoms with Crippen molar-refractivity contribution in [3.05, 3.63) is 179 Å². The average molecular weight is 1580 g/mol. The number of hydrazine groups is 1. The van der Waals surface area contributed by atoms with Gasteiger partial charge in [-0.3, -0.25) is 62.3 Å². The van der Waals surface area contributed by atoms with Crippen LogP contribution in [0.4, 0.5) is 27.5 Å². The van der Waals surface area contributed by atoms with Crippen LogP contribution in [0.3, 0.4) is 0 Å². The molecule has 10 rings (SSSR count). The summed E-state index contributed by atoms with van der Waals surface area (Å²) in [5.41, 5.74) is 7.87. The van der Waals surface area contributed by atoms with Gasteiger partial charge in [0, 0.05) is 98.9 Å². The first-order valence-corrected chi connectivity index (χ1v) is 38.5. The third kappa shape index (κ3) is 22.7. The predicted molar refractivity (Wildman–Crippen MR) is 415 cm³/mol. The van der Waals surface area contributed by atoms with Crippen molar-refractivity contribution in [2.75, 3.05) is 70.2 Å². The number of carboxylic acid groups (broad SMARTS) is 2. The van der Waals surface area contributed by atoms with Crippen molar-refractivity contribution in [1.29, 1.82) is 0 Å². The molecule has 6 aromatic rings. The second-order valence-electron chi connectivity index (χ2n) is 27.6. The SMILES string of the molecule is CN(C)c1ccc(N=Nc2ccc(C(=O)NCCCC[C@H](NC(=O)CNC(=O)[C@H](CC(=O)O)NC(=O)[C@@H]3CCCN4C(=O)CC[C@H](NC(=O)c5ccc(CNC(=O)CNC(=O)[C@H](CCC(=O)NCCNc6cccc7c(S(=O)(=O)O)cccc67)NC(=O)OCC6C7=C(CCC=C7)c7ccccc76)cc5)C(=O)N34)C(=O)O)cc2)cc1. The largest absolute Gasteiger partial charge is 0.481 e. The third-order valence-electron chi connectivity index (χ3n) is 19.5. The zero-order valence-electron chi connectivity index (χ0n) is 62.5. The summed E-state index contributed by atoms with van der Waals surface area (Å²) in [6.07, 6.45) is 3.54. The molecule has 6 aromatic carbocycles. The minimum Gasteiger partial charge on any atom is -0.481 e. The number of aliphatic carboxylic acids is 2. The van der Waals surface area contributed by atoms with Gasteiger partial charge in [-0.05, 0) is 158 Å². The van der Waals surface area contributed by atoms with Crippen LogP contribution >= 0.6 is 0 Å². The van der Waals surface area contributed by atoms with Crippen LogP contribution in [-0.2, 0) is 69.3 Å². The summed E-state index contributed by atoms with van der Waals surface area (Å²) in [5, 5.41) is 56.7. The molecule has 1 unspecified atom stereocenters. The molecule has 0 spiro atoms. The number of azo groups is 1. The molecule has 2 saturated heterocycles. The summed E-state index contributed by atoms with van der Waals surface area (Å²) in [6, 6.07) is 29.4. The van der Waals surface area contributed by atoms with Gasteiger partial charge in [0.25, 0.3) is 27.8 Å². The Morgan fingerprint density at radius 2 is 1.32 bits per heavy atom. The lowest BCUT2D eigenvalue weighted by Gasteiger charge is -2.43. The highest BCUT2D eigenvalue weighted by atomic mass is 32.2. The van der Waals surface area contributed by atoms with Crippen molar-refractivity contribution in [1.82, 2.24) is 57.9 Å². The Labute approximate surface area is 655 Å². The van der Waals surface area contributed by atoms with Crippen molar-refractivity contribution in [3.63, 3.8) is 0 Å². The minimum atomic E-state index is -4.52. The van der Waals surface area contributed by atoms with Gasteiger partial charge in [-0.25, -0.2) is 14.6 Å². The number of carbonyl (C=O) groups excluding carboxylic acids is 11. The predicted octanol–water partition coefficient (Wildman–Crippen LogP) is 5.18.